The highest BCUT2D eigenvalue weighted by atomic mass is 79.9. The molecule has 0 saturated carbocycles. The standard InChI is InChI=1S/C25H18BrClN2O5/c1-32-20-9-3-16(4-10-20)25(31)34-23-21(27)12-15(13-22(23)33-2)11-17(14-28)24(30)29-19-7-5-18(26)6-8-19/h3-13H,1-2H3,(H,29,30)/b17-11+. The third-order valence-corrected chi connectivity index (χ3v) is 5.36. The summed E-state index contributed by atoms with van der Waals surface area (Å²) in [5.74, 6) is -0.459. The zero-order valence-electron chi connectivity index (χ0n) is 18.1. The molecule has 0 fully saturated rings. The van der Waals surface area contributed by atoms with Gasteiger partial charge in [-0.25, -0.2) is 4.79 Å². The van der Waals surface area contributed by atoms with Crippen molar-refractivity contribution in [2.24, 2.45) is 0 Å². The zero-order valence-corrected chi connectivity index (χ0v) is 20.4. The number of nitrogens with one attached hydrogen (secondary N) is 1. The number of methoxy groups -OCH3 is 2. The molecular formula is C25H18BrClN2O5. The third kappa shape index (κ3) is 6.16. The predicted molar refractivity (Wildman–Crippen MR) is 132 cm³/mol. The van der Waals surface area contributed by atoms with E-state index in [9.17, 15) is 14.9 Å². The SMILES string of the molecule is COc1ccc(C(=O)Oc2c(Cl)cc(/C=C(\C#N)C(=O)Nc3ccc(Br)cc3)cc2OC)cc1. The Morgan fingerprint density at radius 3 is 2.29 bits per heavy atom. The number of hydrogen-bond donors (Lipinski definition) is 1. The van der Waals surface area contributed by atoms with Crippen LogP contribution in [-0.4, -0.2) is 26.1 Å². The van der Waals surface area contributed by atoms with Crippen LogP contribution in [0.4, 0.5) is 5.69 Å². The van der Waals surface area contributed by atoms with Crippen molar-refractivity contribution in [2.45, 2.75) is 0 Å². The first-order valence-electron chi connectivity index (χ1n) is 9.77. The van der Waals surface area contributed by atoms with E-state index in [0.29, 0.717) is 22.6 Å². The van der Waals surface area contributed by atoms with E-state index >= 15 is 0 Å². The quantitative estimate of drug-likeness (QED) is 0.173. The second-order valence-corrected chi connectivity index (χ2v) is 8.11. The summed E-state index contributed by atoms with van der Waals surface area (Å²) in [7, 11) is 2.91. The Morgan fingerprint density at radius 1 is 1.03 bits per heavy atom. The lowest BCUT2D eigenvalue weighted by Gasteiger charge is -2.12. The fraction of sp³-hybridized carbons (Fsp3) is 0.0800. The lowest BCUT2D eigenvalue weighted by Crippen LogP contribution is -2.13. The molecule has 3 rings (SSSR count). The molecule has 7 nitrogen and oxygen atoms in total. The molecule has 0 aliphatic rings. The first-order chi connectivity index (χ1) is 16.3. The Bertz CT molecular complexity index is 1280. The van der Waals surface area contributed by atoms with Gasteiger partial charge in [0.25, 0.3) is 5.91 Å². The first-order valence-corrected chi connectivity index (χ1v) is 10.9. The third-order valence-electron chi connectivity index (χ3n) is 4.55. The summed E-state index contributed by atoms with van der Waals surface area (Å²) in [5, 5.41) is 12.2. The molecule has 0 saturated heterocycles. The molecule has 1 amide bonds. The molecule has 0 radical (unpaired) electrons. The van der Waals surface area contributed by atoms with Gasteiger partial charge >= 0.3 is 5.97 Å². The van der Waals surface area contributed by atoms with Crippen LogP contribution in [0.25, 0.3) is 6.08 Å². The van der Waals surface area contributed by atoms with Gasteiger partial charge in [-0.05, 0) is 72.3 Å². The van der Waals surface area contributed by atoms with E-state index in [1.165, 1.54) is 32.4 Å². The van der Waals surface area contributed by atoms with E-state index in [4.69, 9.17) is 25.8 Å². The van der Waals surface area contributed by atoms with Crippen molar-refractivity contribution >= 4 is 51.2 Å². The van der Waals surface area contributed by atoms with Crippen molar-refractivity contribution in [3.8, 4) is 23.3 Å². The molecule has 172 valence electrons. The predicted octanol–water partition coefficient (Wildman–Crippen LogP) is 5.88. The number of amides is 1. The number of carbonyl (C=O) groups is 2. The van der Waals surface area contributed by atoms with Gasteiger partial charge in [-0.15, -0.1) is 0 Å². The Morgan fingerprint density at radius 2 is 1.71 bits per heavy atom. The van der Waals surface area contributed by atoms with Crippen LogP contribution in [0.5, 0.6) is 17.2 Å². The molecule has 0 atom stereocenters. The molecule has 0 spiro atoms. The van der Waals surface area contributed by atoms with Crippen molar-refractivity contribution in [2.75, 3.05) is 19.5 Å². The van der Waals surface area contributed by atoms with Gasteiger partial charge in [0.05, 0.1) is 24.8 Å². The largest absolute Gasteiger partial charge is 0.497 e. The van der Waals surface area contributed by atoms with E-state index in [-0.39, 0.29) is 22.1 Å². The van der Waals surface area contributed by atoms with Gasteiger partial charge in [0, 0.05) is 10.2 Å². The van der Waals surface area contributed by atoms with Gasteiger partial charge in [-0.1, -0.05) is 27.5 Å². The van der Waals surface area contributed by atoms with Gasteiger partial charge in [-0.3, -0.25) is 4.79 Å². The van der Waals surface area contributed by atoms with Crippen molar-refractivity contribution in [1.82, 2.24) is 0 Å². The van der Waals surface area contributed by atoms with Crippen LogP contribution < -0.4 is 19.5 Å². The minimum Gasteiger partial charge on any atom is -0.497 e. The van der Waals surface area contributed by atoms with E-state index in [2.05, 4.69) is 21.2 Å². The molecular weight excluding hydrogens is 524 g/mol. The number of halogens is 2. The minimum atomic E-state index is -0.641. The summed E-state index contributed by atoms with van der Waals surface area (Å²) in [6.45, 7) is 0. The summed E-state index contributed by atoms with van der Waals surface area (Å²) in [4.78, 5) is 25.1. The summed E-state index contributed by atoms with van der Waals surface area (Å²) in [6.07, 6.45) is 1.36. The van der Waals surface area contributed by atoms with Crippen molar-refractivity contribution in [1.29, 1.82) is 5.26 Å². The van der Waals surface area contributed by atoms with Crippen LogP contribution in [-0.2, 0) is 4.79 Å². The van der Waals surface area contributed by atoms with Crippen molar-refractivity contribution < 1.29 is 23.8 Å². The number of nitrogens with zero attached hydrogens (tertiary/aromatic N) is 1. The Hall–Kier alpha value is -3.80. The molecule has 0 unspecified atom stereocenters. The topological polar surface area (TPSA) is 97.7 Å². The first kappa shape index (κ1) is 24.8. The zero-order chi connectivity index (χ0) is 24.7. The number of hydrogen-bond acceptors (Lipinski definition) is 6. The van der Waals surface area contributed by atoms with Gasteiger partial charge < -0.3 is 19.5 Å². The Balaban J connectivity index is 1.83. The molecule has 0 heterocycles. The van der Waals surface area contributed by atoms with Crippen LogP contribution in [0.1, 0.15) is 15.9 Å². The maximum Gasteiger partial charge on any atom is 0.343 e. The number of esters is 1. The second kappa shape index (κ2) is 11.4. The molecule has 0 aromatic heterocycles. The number of ether oxygens (including phenoxy) is 3. The van der Waals surface area contributed by atoms with Crippen LogP contribution >= 0.6 is 27.5 Å². The number of benzene rings is 3. The van der Waals surface area contributed by atoms with Gasteiger partial charge in [0.15, 0.2) is 11.5 Å². The highest BCUT2D eigenvalue weighted by Crippen LogP contribution is 2.37. The minimum absolute atomic E-state index is 0.0138. The Labute approximate surface area is 209 Å². The van der Waals surface area contributed by atoms with Crippen molar-refractivity contribution in [3.05, 3.63) is 86.9 Å². The van der Waals surface area contributed by atoms with E-state index in [1.807, 2.05) is 6.07 Å². The van der Waals surface area contributed by atoms with Crippen LogP contribution in [0, 0.1) is 11.3 Å². The molecule has 34 heavy (non-hydrogen) atoms. The van der Waals surface area contributed by atoms with Crippen LogP contribution in [0.3, 0.4) is 0 Å². The fourth-order valence-corrected chi connectivity index (χ4v) is 3.37. The molecule has 1 N–H and O–H groups in total. The number of nitriles is 1. The molecule has 9 heteroatoms. The van der Waals surface area contributed by atoms with E-state index in [1.54, 1.807) is 48.5 Å². The van der Waals surface area contributed by atoms with E-state index in [0.717, 1.165) is 4.47 Å². The maximum absolute atomic E-state index is 12.5. The number of rotatable bonds is 7. The average molecular weight is 542 g/mol. The summed E-state index contributed by atoms with van der Waals surface area (Å²) >= 11 is 9.67. The van der Waals surface area contributed by atoms with Gasteiger partial charge in [0.1, 0.15) is 17.4 Å². The molecule has 3 aromatic rings. The summed E-state index contributed by atoms with van der Waals surface area (Å²) < 4.78 is 16.7. The highest BCUT2D eigenvalue weighted by molar-refractivity contribution is 9.10. The monoisotopic (exact) mass is 540 g/mol. The van der Waals surface area contributed by atoms with Crippen molar-refractivity contribution in [3.63, 3.8) is 0 Å². The lowest BCUT2D eigenvalue weighted by atomic mass is 10.1. The van der Waals surface area contributed by atoms with E-state index < -0.39 is 11.9 Å². The lowest BCUT2D eigenvalue weighted by molar-refractivity contribution is -0.112. The second-order valence-electron chi connectivity index (χ2n) is 6.78. The Kier molecular flexibility index (Phi) is 8.30. The summed E-state index contributed by atoms with van der Waals surface area (Å²) in [6, 6.07) is 18.1. The summed E-state index contributed by atoms with van der Waals surface area (Å²) in [5.41, 5.74) is 1.09. The fourth-order valence-electron chi connectivity index (χ4n) is 2.85. The maximum atomic E-state index is 12.5. The average Bonchev–Trinajstić information content (AvgIpc) is 2.85. The van der Waals surface area contributed by atoms with Crippen LogP contribution in [0.2, 0.25) is 5.02 Å². The molecule has 0 aliphatic heterocycles. The normalized spacial score (nSPS) is 10.7. The molecule has 0 aliphatic carbocycles. The van der Waals surface area contributed by atoms with Gasteiger partial charge in [0.2, 0.25) is 0 Å². The molecule has 3 aromatic carbocycles. The molecule has 0 bridgehead atoms. The highest BCUT2D eigenvalue weighted by Gasteiger charge is 2.18. The van der Waals surface area contributed by atoms with Gasteiger partial charge in [-0.2, -0.15) is 5.26 Å². The smallest absolute Gasteiger partial charge is 0.343 e. The number of carbonyl (C=O) groups excluding carboxylic acids is 2. The number of anilines is 1. The van der Waals surface area contributed by atoms with Crippen LogP contribution in [0.15, 0.2) is 70.7 Å².